The third kappa shape index (κ3) is 6.14. The van der Waals surface area contributed by atoms with E-state index in [9.17, 15) is 29.4 Å². The number of thioether (sulfide) groups is 2. The predicted molar refractivity (Wildman–Crippen MR) is 128 cm³/mol. The van der Waals surface area contributed by atoms with E-state index in [4.69, 9.17) is 10.6 Å². The van der Waals surface area contributed by atoms with Gasteiger partial charge in [0.25, 0.3) is 17.4 Å². The second-order valence-electron chi connectivity index (χ2n) is 7.21. The zero-order valence-corrected chi connectivity index (χ0v) is 24.4. The Hall–Kier alpha value is -2.68. The van der Waals surface area contributed by atoms with Crippen LogP contribution in [-0.4, -0.2) is 83.7 Å². The van der Waals surface area contributed by atoms with Crippen molar-refractivity contribution >= 4 is 63.5 Å². The van der Waals surface area contributed by atoms with Crippen LogP contribution in [0.4, 0.5) is 5.13 Å². The number of aromatic nitrogens is 4. The molecule has 4 heterocycles. The van der Waals surface area contributed by atoms with Crippen LogP contribution < -0.4 is 56.4 Å². The van der Waals surface area contributed by atoms with Crippen LogP contribution in [0.2, 0.25) is 0 Å². The molecule has 0 bridgehead atoms. The Labute approximate surface area is 248 Å². The SMILES string of the molecule is CO/N=C(/C(=O)N[C@@H]1C(=O)N2C(C(=O)[O-])=C(CSc3nc(=O)c([O-])nn3C)CS[C@H]12)c1csc(N)n1.O.[Na+]. The van der Waals surface area contributed by atoms with Gasteiger partial charge in [0.15, 0.2) is 16.0 Å². The molecule has 2 aromatic heterocycles. The number of fused-ring (bicyclic) bond motifs is 1. The molecule has 2 aliphatic rings. The Morgan fingerprint density at radius 2 is 2.08 bits per heavy atom. The van der Waals surface area contributed by atoms with Crippen LogP contribution in [0.1, 0.15) is 5.69 Å². The molecule has 2 aliphatic heterocycles. The van der Waals surface area contributed by atoms with E-state index in [0.29, 0.717) is 5.57 Å². The minimum atomic E-state index is -1.57. The molecular formula is C18H18N8NaO8S3-. The van der Waals surface area contributed by atoms with E-state index >= 15 is 0 Å². The van der Waals surface area contributed by atoms with Gasteiger partial charge in [0.05, 0.1) is 17.5 Å². The molecule has 38 heavy (non-hydrogen) atoms. The average molecular weight is 594 g/mol. The summed E-state index contributed by atoms with van der Waals surface area (Å²) >= 11 is 3.31. The van der Waals surface area contributed by atoms with Gasteiger partial charge in [0.1, 0.15) is 24.2 Å². The molecule has 1 saturated heterocycles. The maximum atomic E-state index is 12.9. The minimum absolute atomic E-state index is 0. The first-order chi connectivity index (χ1) is 17.1. The second kappa shape index (κ2) is 12.9. The van der Waals surface area contributed by atoms with E-state index in [2.05, 4.69) is 25.5 Å². The number of amides is 2. The molecule has 16 nitrogen and oxygen atoms in total. The summed E-state index contributed by atoms with van der Waals surface area (Å²) in [4.78, 5) is 62.5. The van der Waals surface area contributed by atoms with E-state index < -0.39 is 40.6 Å². The normalized spacial score (nSPS) is 18.5. The van der Waals surface area contributed by atoms with Crippen LogP contribution in [0.5, 0.6) is 5.88 Å². The number of carboxylic acid groups (broad SMARTS) is 1. The van der Waals surface area contributed by atoms with Crippen molar-refractivity contribution in [3.63, 3.8) is 0 Å². The van der Waals surface area contributed by atoms with Gasteiger partial charge >= 0.3 is 29.6 Å². The summed E-state index contributed by atoms with van der Waals surface area (Å²) in [6.07, 6.45) is 0. The van der Waals surface area contributed by atoms with Crippen LogP contribution in [0.15, 0.2) is 31.8 Å². The van der Waals surface area contributed by atoms with E-state index in [1.807, 2.05) is 0 Å². The summed E-state index contributed by atoms with van der Waals surface area (Å²) in [6, 6.07) is -1.03. The Bertz CT molecular complexity index is 1380. The molecule has 0 aromatic carbocycles. The number of β-lactam (4-membered cyclic amide) rings is 1. The molecule has 2 aromatic rings. The van der Waals surface area contributed by atoms with Crippen LogP contribution >= 0.6 is 34.9 Å². The van der Waals surface area contributed by atoms with Gasteiger partial charge in [0.2, 0.25) is 0 Å². The van der Waals surface area contributed by atoms with Gasteiger partial charge in [-0.15, -0.1) is 23.1 Å². The van der Waals surface area contributed by atoms with E-state index in [1.165, 1.54) is 31.3 Å². The number of hydrogen-bond acceptors (Lipinski definition) is 15. The number of anilines is 1. The zero-order chi connectivity index (χ0) is 26.1. The van der Waals surface area contributed by atoms with Crippen molar-refractivity contribution in [1.82, 2.24) is 30.0 Å². The summed E-state index contributed by atoms with van der Waals surface area (Å²) in [7, 11) is 2.66. The molecule has 0 unspecified atom stereocenters. The molecule has 0 aliphatic carbocycles. The summed E-state index contributed by atoms with van der Waals surface area (Å²) in [5.74, 6) is -3.74. The topological polar surface area (TPSA) is 252 Å². The fourth-order valence-electron chi connectivity index (χ4n) is 3.39. The Balaban J connectivity index is 0.00000253. The van der Waals surface area contributed by atoms with Crippen LogP contribution in [0.3, 0.4) is 0 Å². The van der Waals surface area contributed by atoms with E-state index in [0.717, 1.165) is 32.7 Å². The fourth-order valence-corrected chi connectivity index (χ4v) is 6.33. The maximum absolute atomic E-state index is 12.9. The maximum Gasteiger partial charge on any atom is 1.00 e. The largest absolute Gasteiger partial charge is 1.00 e. The number of nitrogens with one attached hydrogen (secondary N) is 1. The number of thiazole rings is 1. The van der Waals surface area contributed by atoms with E-state index in [1.54, 1.807) is 0 Å². The number of aliphatic carboxylic acids is 1. The van der Waals surface area contributed by atoms with Crippen molar-refractivity contribution in [2.45, 2.75) is 16.6 Å². The molecule has 0 spiro atoms. The number of nitrogen functional groups attached to an aromatic ring is 1. The third-order valence-corrected chi connectivity index (χ3v) is 8.08. The number of carbonyl (C=O) groups is 3. The number of nitrogens with zero attached hydrogens (tertiary/aromatic N) is 6. The van der Waals surface area contributed by atoms with Crippen LogP contribution in [0, 0.1) is 0 Å². The quantitative estimate of drug-likeness (QED) is 0.0950. The first kappa shape index (κ1) is 31.5. The van der Waals surface area contributed by atoms with Crippen molar-refractivity contribution in [1.29, 1.82) is 0 Å². The van der Waals surface area contributed by atoms with Gasteiger partial charge in [-0.25, -0.2) is 9.67 Å². The van der Waals surface area contributed by atoms with Crippen molar-refractivity contribution in [3.05, 3.63) is 32.7 Å². The summed E-state index contributed by atoms with van der Waals surface area (Å²) in [5, 5.41) is 34.1. The Morgan fingerprint density at radius 3 is 2.68 bits per heavy atom. The summed E-state index contributed by atoms with van der Waals surface area (Å²) in [5.41, 5.74) is 4.57. The van der Waals surface area contributed by atoms with Crippen LogP contribution in [0.25, 0.3) is 0 Å². The second-order valence-corrected chi connectivity index (χ2v) is 10.1. The number of oxime groups is 1. The Kier molecular flexibility index (Phi) is 10.7. The number of carboxylic acids is 1. The molecule has 0 saturated carbocycles. The smallest absolute Gasteiger partial charge is 0.854 e. The summed E-state index contributed by atoms with van der Waals surface area (Å²) in [6.45, 7) is 0. The number of hydrogen-bond donors (Lipinski definition) is 2. The molecule has 2 amide bonds. The third-order valence-electron chi connectivity index (χ3n) is 4.96. The molecule has 5 N–H and O–H groups in total. The van der Waals surface area contributed by atoms with Crippen LogP contribution in [-0.2, 0) is 26.3 Å². The average Bonchev–Trinajstić information content (AvgIpc) is 3.27. The number of carbonyl (C=O) groups excluding carboxylic acids is 3. The minimum Gasteiger partial charge on any atom is -0.854 e. The number of nitrogens with two attached hydrogens (primary N) is 1. The zero-order valence-electron chi connectivity index (χ0n) is 20.0. The van der Waals surface area contributed by atoms with Crippen molar-refractivity contribution in [3.8, 4) is 5.88 Å². The van der Waals surface area contributed by atoms with Crippen molar-refractivity contribution in [2.75, 3.05) is 24.3 Å². The molecule has 198 valence electrons. The molecule has 2 atom stereocenters. The molecule has 20 heteroatoms. The van der Waals surface area contributed by atoms with Gasteiger partial charge in [-0.1, -0.05) is 16.9 Å². The van der Waals surface area contributed by atoms with Crippen molar-refractivity contribution < 1.29 is 64.5 Å². The van der Waals surface area contributed by atoms with Gasteiger partial charge in [-0.05, 0) is 5.57 Å². The Morgan fingerprint density at radius 1 is 1.37 bits per heavy atom. The molecule has 4 rings (SSSR count). The first-order valence-corrected chi connectivity index (χ1v) is 12.8. The fraction of sp³-hybridized carbons (Fsp3) is 0.333. The van der Waals surface area contributed by atoms with Gasteiger partial charge in [-0.3, -0.25) is 19.3 Å². The molecule has 1 fully saturated rings. The monoisotopic (exact) mass is 593 g/mol. The van der Waals surface area contributed by atoms with Gasteiger partial charge in [-0.2, -0.15) is 10.1 Å². The molecule has 0 radical (unpaired) electrons. The first-order valence-electron chi connectivity index (χ1n) is 9.89. The standard InChI is InChI=1S/C18H18N8O7S3.Na.H2O/c1-25-18(22-12(28)13(29)23-25)36-4-6-3-34-15-9(14(30)26(15)10(6)16(31)32)21-11(27)8(24-33-2)7-5-35-17(19)20-7;;/h5,9,15H,3-4H2,1-2H3,(H2,19,20)(H,21,27)(H,23,29)(H,31,32);;1H2/q;+1;/p-2/b24-8+;;/t9-,15-;;/m1../s1. The molecular weight excluding hydrogens is 575 g/mol. The van der Waals surface area contributed by atoms with Crippen molar-refractivity contribution in [2.24, 2.45) is 12.2 Å². The van der Waals surface area contributed by atoms with E-state index in [-0.39, 0.29) is 73.9 Å². The van der Waals surface area contributed by atoms with Gasteiger partial charge < -0.3 is 36.4 Å². The van der Waals surface area contributed by atoms with Gasteiger partial charge in [0, 0.05) is 23.9 Å². The number of aryl methyl sites for hydroxylation is 1. The predicted octanol–water partition coefficient (Wildman–Crippen LogP) is -6.99. The number of rotatable bonds is 8. The summed E-state index contributed by atoms with van der Waals surface area (Å²) < 4.78 is 1.11.